The number of carbonyl (C=O) groups excluding carboxylic acids is 1. The molecule has 1 rings (SSSR count). The first-order chi connectivity index (χ1) is 10.7. The van der Waals surface area contributed by atoms with Crippen molar-refractivity contribution in [3.05, 3.63) is 24.3 Å². The standard InChI is InChI=1S/C15H25N3O4S/c1-10(2)14(15(19)17-11(3)9-16)18-23(20,21)13-7-5-12(22-4)6-8-13/h5-8,10-11,14,18H,9,16H2,1-4H3,(H,17,19)/t11-,14?/m0/s1. The molecule has 23 heavy (non-hydrogen) atoms. The zero-order chi connectivity index (χ0) is 17.6. The monoisotopic (exact) mass is 343 g/mol. The van der Waals surface area contributed by atoms with Crippen molar-refractivity contribution in [2.24, 2.45) is 11.7 Å². The van der Waals surface area contributed by atoms with Crippen LogP contribution in [0, 0.1) is 5.92 Å². The molecule has 1 aromatic carbocycles. The second kappa shape index (κ2) is 8.28. The number of methoxy groups -OCH3 is 1. The van der Waals surface area contributed by atoms with E-state index in [1.54, 1.807) is 32.9 Å². The lowest BCUT2D eigenvalue weighted by Gasteiger charge is -2.23. The van der Waals surface area contributed by atoms with Gasteiger partial charge in [0.2, 0.25) is 15.9 Å². The summed E-state index contributed by atoms with van der Waals surface area (Å²) < 4.78 is 32.4. The molecule has 0 bridgehead atoms. The summed E-state index contributed by atoms with van der Waals surface area (Å²) >= 11 is 0. The minimum absolute atomic E-state index is 0.0728. The molecule has 2 atom stereocenters. The maximum atomic E-state index is 12.4. The van der Waals surface area contributed by atoms with Crippen molar-refractivity contribution >= 4 is 15.9 Å². The largest absolute Gasteiger partial charge is 0.497 e. The van der Waals surface area contributed by atoms with Crippen LogP contribution in [0.5, 0.6) is 5.75 Å². The van der Waals surface area contributed by atoms with Crippen LogP contribution in [0.3, 0.4) is 0 Å². The highest BCUT2D eigenvalue weighted by molar-refractivity contribution is 7.89. The van der Waals surface area contributed by atoms with Crippen molar-refractivity contribution in [3.8, 4) is 5.75 Å². The second-order valence-electron chi connectivity index (χ2n) is 5.66. The van der Waals surface area contributed by atoms with E-state index in [2.05, 4.69) is 10.0 Å². The molecule has 1 unspecified atom stereocenters. The predicted octanol–water partition coefficient (Wildman–Crippen LogP) is 0.462. The number of nitrogens with two attached hydrogens (primary N) is 1. The van der Waals surface area contributed by atoms with Crippen LogP contribution in [0.25, 0.3) is 0 Å². The summed E-state index contributed by atoms with van der Waals surface area (Å²) in [6.07, 6.45) is 0. The smallest absolute Gasteiger partial charge is 0.241 e. The Morgan fingerprint density at radius 2 is 1.78 bits per heavy atom. The lowest BCUT2D eigenvalue weighted by atomic mass is 10.0. The number of hydrogen-bond acceptors (Lipinski definition) is 5. The summed E-state index contributed by atoms with van der Waals surface area (Å²) in [7, 11) is -2.32. The van der Waals surface area contributed by atoms with Gasteiger partial charge in [-0.25, -0.2) is 8.42 Å². The van der Waals surface area contributed by atoms with Crippen LogP contribution in [-0.4, -0.2) is 40.1 Å². The molecule has 1 amide bonds. The molecule has 4 N–H and O–H groups in total. The molecule has 0 fully saturated rings. The number of nitrogens with one attached hydrogen (secondary N) is 2. The minimum Gasteiger partial charge on any atom is -0.497 e. The van der Waals surface area contributed by atoms with Gasteiger partial charge in [-0.15, -0.1) is 0 Å². The van der Waals surface area contributed by atoms with Crippen LogP contribution in [0.1, 0.15) is 20.8 Å². The zero-order valence-corrected chi connectivity index (χ0v) is 14.7. The van der Waals surface area contributed by atoms with E-state index >= 15 is 0 Å². The van der Waals surface area contributed by atoms with E-state index < -0.39 is 22.0 Å². The van der Waals surface area contributed by atoms with E-state index in [-0.39, 0.29) is 23.4 Å². The van der Waals surface area contributed by atoms with Gasteiger partial charge < -0.3 is 15.8 Å². The van der Waals surface area contributed by atoms with Gasteiger partial charge in [-0.05, 0) is 37.1 Å². The molecule has 0 saturated heterocycles. The quantitative estimate of drug-likeness (QED) is 0.635. The number of benzene rings is 1. The van der Waals surface area contributed by atoms with Gasteiger partial charge in [-0.3, -0.25) is 4.79 Å². The molecular formula is C15H25N3O4S. The highest BCUT2D eigenvalue weighted by Crippen LogP contribution is 2.16. The summed E-state index contributed by atoms with van der Waals surface area (Å²) in [4.78, 5) is 12.3. The molecule has 0 spiro atoms. The normalized spacial score (nSPS) is 14.3. The number of hydrogen-bond donors (Lipinski definition) is 3. The van der Waals surface area contributed by atoms with Crippen molar-refractivity contribution in [2.45, 2.75) is 37.8 Å². The number of amides is 1. The number of sulfonamides is 1. The maximum absolute atomic E-state index is 12.4. The van der Waals surface area contributed by atoms with Crippen LogP contribution in [0.15, 0.2) is 29.2 Å². The topological polar surface area (TPSA) is 111 Å². The van der Waals surface area contributed by atoms with Crippen molar-refractivity contribution in [3.63, 3.8) is 0 Å². The molecule has 0 aliphatic carbocycles. The SMILES string of the molecule is COc1ccc(S(=O)(=O)NC(C(=O)N[C@@H](C)CN)C(C)C)cc1. The van der Waals surface area contributed by atoms with Gasteiger partial charge >= 0.3 is 0 Å². The van der Waals surface area contributed by atoms with Crippen LogP contribution >= 0.6 is 0 Å². The summed E-state index contributed by atoms with van der Waals surface area (Å²) in [5, 5.41) is 2.69. The van der Waals surface area contributed by atoms with Crippen molar-refractivity contribution in [1.82, 2.24) is 10.0 Å². The van der Waals surface area contributed by atoms with Crippen LogP contribution in [-0.2, 0) is 14.8 Å². The lowest BCUT2D eigenvalue weighted by Crippen LogP contribution is -2.52. The van der Waals surface area contributed by atoms with Crippen LogP contribution in [0.2, 0.25) is 0 Å². The Kier molecular flexibility index (Phi) is 6.99. The van der Waals surface area contributed by atoms with Gasteiger partial charge in [0.05, 0.1) is 12.0 Å². The van der Waals surface area contributed by atoms with Gasteiger partial charge in [0.15, 0.2) is 0 Å². The van der Waals surface area contributed by atoms with E-state index in [0.717, 1.165) is 0 Å². The average molecular weight is 343 g/mol. The fraction of sp³-hybridized carbons (Fsp3) is 0.533. The first kappa shape index (κ1) is 19.4. The van der Waals surface area contributed by atoms with Crippen molar-refractivity contribution in [2.75, 3.05) is 13.7 Å². The summed E-state index contributed by atoms with van der Waals surface area (Å²) in [6.45, 7) is 5.58. The molecule has 7 nitrogen and oxygen atoms in total. The fourth-order valence-corrected chi connectivity index (χ4v) is 3.22. The molecule has 0 aliphatic rings. The van der Waals surface area contributed by atoms with Crippen LogP contribution in [0.4, 0.5) is 0 Å². The summed E-state index contributed by atoms with van der Waals surface area (Å²) in [6, 6.07) is 4.86. The Labute approximate surface area is 137 Å². The summed E-state index contributed by atoms with van der Waals surface area (Å²) in [5.74, 6) is -0.0538. The highest BCUT2D eigenvalue weighted by atomic mass is 32.2. The van der Waals surface area contributed by atoms with Gasteiger partial charge in [-0.2, -0.15) is 4.72 Å². The predicted molar refractivity (Wildman–Crippen MR) is 88.6 cm³/mol. The molecule has 0 aliphatic heterocycles. The first-order valence-corrected chi connectivity index (χ1v) is 8.86. The molecule has 0 heterocycles. The van der Waals surface area contributed by atoms with Gasteiger partial charge in [0.1, 0.15) is 11.8 Å². The van der Waals surface area contributed by atoms with Crippen LogP contribution < -0.4 is 20.5 Å². The van der Waals surface area contributed by atoms with E-state index in [1.807, 2.05) is 0 Å². The molecule has 0 saturated carbocycles. The third-order valence-corrected chi connectivity index (χ3v) is 4.80. The Morgan fingerprint density at radius 3 is 2.22 bits per heavy atom. The van der Waals surface area contributed by atoms with E-state index in [9.17, 15) is 13.2 Å². The molecular weight excluding hydrogens is 318 g/mol. The highest BCUT2D eigenvalue weighted by Gasteiger charge is 2.28. The Bertz CT molecular complexity index is 614. The first-order valence-electron chi connectivity index (χ1n) is 7.38. The zero-order valence-electron chi connectivity index (χ0n) is 13.9. The average Bonchev–Trinajstić information content (AvgIpc) is 2.52. The Morgan fingerprint density at radius 1 is 1.22 bits per heavy atom. The van der Waals surface area contributed by atoms with Gasteiger partial charge in [-0.1, -0.05) is 13.8 Å². The van der Waals surface area contributed by atoms with E-state index in [1.165, 1.54) is 19.2 Å². The minimum atomic E-state index is -3.81. The second-order valence-corrected chi connectivity index (χ2v) is 7.38. The number of carbonyl (C=O) groups is 1. The Hall–Kier alpha value is -1.64. The third-order valence-electron chi connectivity index (χ3n) is 3.34. The molecule has 1 aromatic rings. The third kappa shape index (κ3) is 5.49. The summed E-state index contributed by atoms with van der Waals surface area (Å²) in [5.41, 5.74) is 5.48. The molecule has 8 heteroatoms. The number of ether oxygens (including phenoxy) is 1. The van der Waals surface area contributed by atoms with E-state index in [0.29, 0.717) is 5.75 Å². The molecule has 130 valence electrons. The fourth-order valence-electron chi connectivity index (χ4n) is 1.87. The van der Waals surface area contributed by atoms with Gasteiger partial charge in [0.25, 0.3) is 0 Å². The van der Waals surface area contributed by atoms with Gasteiger partial charge in [0, 0.05) is 12.6 Å². The molecule has 0 aromatic heterocycles. The number of rotatable bonds is 8. The van der Waals surface area contributed by atoms with Crippen molar-refractivity contribution in [1.29, 1.82) is 0 Å². The van der Waals surface area contributed by atoms with Crippen molar-refractivity contribution < 1.29 is 17.9 Å². The van der Waals surface area contributed by atoms with E-state index in [4.69, 9.17) is 10.5 Å². The lowest BCUT2D eigenvalue weighted by molar-refractivity contribution is -0.124. The molecule has 0 radical (unpaired) electrons. The Balaban J connectivity index is 2.95. The maximum Gasteiger partial charge on any atom is 0.241 e.